The predicted octanol–water partition coefficient (Wildman–Crippen LogP) is 5.54. The molecule has 0 fully saturated rings. The van der Waals surface area contributed by atoms with Crippen molar-refractivity contribution in [2.75, 3.05) is 0 Å². The van der Waals surface area contributed by atoms with Crippen LogP contribution in [0.4, 0.5) is 0 Å². The molecule has 1 heterocycles. The van der Waals surface area contributed by atoms with Gasteiger partial charge in [0, 0.05) is 22.7 Å². The van der Waals surface area contributed by atoms with Crippen molar-refractivity contribution in [2.24, 2.45) is 0 Å². The summed E-state index contributed by atoms with van der Waals surface area (Å²) in [5, 5.41) is 9.54. The molecule has 0 aliphatic carbocycles. The normalized spacial score (nSPS) is 11.1. The number of aryl methyl sites for hydroxylation is 1. The summed E-state index contributed by atoms with van der Waals surface area (Å²) in [4.78, 5) is 15.0. The molecular formula is C19H19Cl2NO4. The Balaban J connectivity index is 2.27. The van der Waals surface area contributed by atoms with Crippen molar-refractivity contribution in [3.8, 4) is 17.5 Å². The van der Waals surface area contributed by atoms with Gasteiger partial charge in [-0.05, 0) is 51.0 Å². The average molecular weight is 396 g/mol. The maximum atomic E-state index is 10.6. The fourth-order valence-electron chi connectivity index (χ4n) is 2.12. The van der Waals surface area contributed by atoms with Crippen LogP contribution in [0.5, 0.6) is 17.5 Å². The fraction of sp³-hybridized carbons (Fsp3) is 0.263. The van der Waals surface area contributed by atoms with E-state index in [1.165, 1.54) is 0 Å². The van der Waals surface area contributed by atoms with Crippen molar-refractivity contribution in [1.82, 2.24) is 4.98 Å². The van der Waals surface area contributed by atoms with E-state index in [1.54, 1.807) is 30.3 Å². The number of allylic oxidation sites excluding steroid dienone is 1. The number of pyridine rings is 1. The molecule has 0 unspecified atom stereocenters. The summed E-state index contributed by atoms with van der Waals surface area (Å²) in [5.41, 5.74) is 0.808. The third kappa shape index (κ3) is 6.24. The molecule has 1 N–H and O–H groups in total. The number of hydrogen-bond donors (Lipinski definition) is 1. The largest absolute Gasteiger partial charge is 0.478 e. The summed E-state index contributed by atoms with van der Waals surface area (Å²) in [6, 6.07) is 8.52. The van der Waals surface area contributed by atoms with Gasteiger partial charge in [-0.25, -0.2) is 4.79 Å². The minimum Gasteiger partial charge on any atom is -0.478 e. The first-order valence-electron chi connectivity index (χ1n) is 8.04. The molecule has 138 valence electrons. The van der Waals surface area contributed by atoms with E-state index in [9.17, 15) is 4.79 Å². The van der Waals surface area contributed by atoms with E-state index >= 15 is 0 Å². The molecule has 7 heteroatoms. The number of aliphatic carboxylic acids is 1. The van der Waals surface area contributed by atoms with E-state index in [4.69, 9.17) is 37.8 Å². The van der Waals surface area contributed by atoms with Crippen LogP contribution in [0, 0.1) is 0 Å². The number of nitrogens with zero attached hydrogens (tertiary/aromatic N) is 1. The Bertz CT molecular complexity index is 806. The standard InChI is InChI=1S/C19H19Cl2NO4/c1-12(2)25-17-10-7-13(5-3-4-6-18(23)24)19(22-17)26-16-9-8-14(20)11-15(16)21/h4,6-12H,3,5H2,1-2H3,(H,23,24)/b6-4+. The van der Waals surface area contributed by atoms with E-state index in [2.05, 4.69) is 4.98 Å². The Morgan fingerprint density at radius 1 is 1.27 bits per heavy atom. The van der Waals surface area contributed by atoms with Gasteiger partial charge in [-0.1, -0.05) is 29.3 Å². The van der Waals surface area contributed by atoms with Crippen LogP contribution in [-0.4, -0.2) is 22.2 Å². The number of halogens is 2. The van der Waals surface area contributed by atoms with Crippen LogP contribution in [0.15, 0.2) is 42.5 Å². The third-order valence-electron chi connectivity index (χ3n) is 3.21. The zero-order chi connectivity index (χ0) is 19.1. The molecule has 1 aromatic carbocycles. The van der Waals surface area contributed by atoms with Gasteiger partial charge in [0.1, 0.15) is 5.75 Å². The van der Waals surface area contributed by atoms with Crippen LogP contribution >= 0.6 is 23.2 Å². The van der Waals surface area contributed by atoms with E-state index in [1.807, 2.05) is 19.9 Å². The fourth-order valence-corrected chi connectivity index (χ4v) is 2.57. The number of benzene rings is 1. The molecule has 0 atom stereocenters. The van der Waals surface area contributed by atoms with Gasteiger partial charge < -0.3 is 14.6 Å². The van der Waals surface area contributed by atoms with Gasteiger partial charge in [0.05, 0.1) is 11.1 Å². The summed E-state index contributed by atoms with van der Waals surface area (Å²) in [6.45, 7) is 3.81. The number of aromatic nitrogens is 1. The van der Waals surface area contributed by atoms with Gasteiger partial charge in [-0.3, -0.25) is 0 Å². The van der Waals surface area contributed by atoms with Crippen LogP contribution < -0.4 is 9.47 Å². The van der Waals surface area contributed by atoms with Gasteiger partial charge in [-0.15, -0.1) is 0 Å². The number of carbonyl (C=O) groups is 1. The number of carboxylic acid groups (broad SMARTS) is 1. The van der Waals surface area contributed by atoms with Gasteiger partial charge in [0.25, 0.3) is 0 Å². The summed E-state index contributed by atoms with van der Waals surface area (Å²) >= 11 is 12.1. The lowest BCUT2D eigenvalue weighted by Crippen LogP contribution is -2.08. The monoisotopic (exact) mass is 395 g/mol. The van der Waals surface area contributed by atoms with E-state index in [-0.39, 0.29) is 6.10 Å². The van der Waals surface area contributed by atoms with Crippen LogP contribution in [-0.2, 0) is 11.2 Å². The highest BCUT2D eigenvalue weighted by Crippen LogP contribution is 2.33. The van der Waals surface area contributed by atoms with Gasteiger partial charge in [0.15, 0.2) is 0 Å². The highest BCUT2D eigenvalue weighted by molar-refractivity contribution is 6.35. The first-order valence-corrected chi connectivity index (χ1v) is 8.79. The highest BCUT2D eigenvalue weighted by atomic mass is 35.5. The smallest absolute Gasteiger partial charge is 0.327 e. The molecule has 26 heavy (non-hydrogen) atoms. The zero-order valence-corrected chi connectivity index (χ0v) is 15.9. The van der Waals surface area contributed by atoms with Crippen LogP contribution in [0.25, 0.3) is 0 Å². The number of hydrogen-bond acceptors (Lipinski definition) is 4. The number of ether oxygens (including phenoxy) is 2. The second-order valence-electron chi connectivity index (χ2n) is 5.74. The maximum absolute atomic E-state index is 10.6. The second kappa shape index (κ2) is 9.46. The molecule has 0 saturated carbocycles. The van der Waals surface area contributed by atoms with Crippen molar-refractivity contribution in [1.29, 1.82) is 0 Å². The molecule has 0 radical (unpaired) electrons. The van der Waals surface area contributed by atoms with E-state index < -0.39 is 5.97 Å². The quantitative estimate of drug-likeness (QED) is 0.594. The Morgan fingerprint density at radius 2 is 2.04 bits per heavy atom. The van der Waals surface area contributed by atoms with Crippen molar-refractivity contribution in [3.63, 3.8) is 0 Å². The predicted molar refractivity (Wildman–Crippen MR) is 102 cm³/mol. The number of rotatable bonds is 8. The summed E-state index contributed by atoms with van der Waals surface area (Å²) < 4.78 is 11.5. The van der Waals surface area contributed by atoms with Crippen LogP contribution in [0.2, 0.25) is 10.0 Å². The Labute approximate surface area is 162 Å². The van der Waals surface area contributed by atoms with Gasteiger partial charge in [0.2, 0.25) is 11.8 Å². The molecule has 0 spiro atoms. The molecule has 5 nitrogen and oxygen atoms in total. The molecule has 0 saturated heterocycles. The lowest BCUT2D eigenvalue weighted by Gasteiger charge is -2.14. The molecule has 2 aromatic rings. The molecule has 0 amide bonds. The topological polar surface area (TPSA) is 68.7 Å². The van der Waals surface area contributed by atoms with Crippen molar-refractivity contribution in [3.05, 3.63) is 58.1 Å². The average Bonchev–Trinajstić information content (AvgIpc) is 2.55. The summed E-state index contributed by atoms with van der Waals surface area (Å²) in [6.07, 6.45) is 3.75. The molecule has 2 rings (SSSR count). The van der Waals surface area contributed by atoms with Gasteiger partial charge in [-0.2, -0.15) is 4.98 Å². The van der Waals surface area contributed by atoms with Crippen molar-refractivity contribution >= 4 is 29.2 Å². The SMILES string of the molecule is CC(C)Oc1ccc(CC/C=C/C(=O)O)c(Oc2ccc(Cl)cc2Cl)n1. The Kier molecular flexibility index (Phi) is 7.30. The second-order valence-corrected chi connectivity index (χ2v) is 6.58. The Morgan fingerprint density at radius 3 is 2.69 bits per heavy atom. The van der Waals surface area contributed by atoms with E-state index in [0.717, 1.165) is 11.6 Å². The summed E-state index contributed by atoms with van der Waals surface area (Å²) in [7, 11) is 0. The number of carboxylic acids is 1. The molecule has 0 aliphatic rings. The Hall–Kier alpha value is -2.24. The van der Waals surface area contributed by atoms with Crippen LogP contribution in [0.1, 0.15) is 25.8 Å². The lowest BCUT2D eigenvalue weighted by atomic mass is 10.1. The van der Waals surface area contributed by atoms with Crippen molar-refractivity contribution < 1.29 is 19.4 Å². The van der Waals surface area contributed by atoms with Crippen molar-refractivity contribution in [2.45, 2.75) is 32.8 Å². The molecule has 0 aliphatic heterocycles. The van der Waals surface area contributed by atoms with E-state index in [0.29, 0.717) is 40.4 Å². The first-order chi connectivity index (χ1) is 12.3. The molecular weight excluding hydrogens is 377 g/mol. The highest BCUT2D eigenvalue weighted by Gasteiger charge is 2.12. The minimum absolute atomic E-state index is 0.0289. The zero-order valence-electron chi connectivity index (χ0n) is 14.4. The lowest BCUT2D eigenvalue weighted by molar-refractivity contribution is -0.131. The van der Waals surface area contributed by atoms with Gasteiger partial charge >= 0.3 is 5.97 Å². The molecule has 1 aromatic heterocycles. The summed E-state index contributed by atoms with van der Waals surface area (Å²) in [5.74, 6) is 0.238. The third-order valence-corrected chi connectivity index (χ3v) is 3.74. The first kappa shape index (κ1) is 20.1. The maximum Gasteiger partial charge on any atom is 0.327 e. The molecule has 0 bridgehead atoms. The van der Waals surface area contributed by atoms with Crippen LogP contribution in [0.3, 0.4) is 0 Å². The minimum atomic E-state index is -0.978.